The number of hydrogen-bond donors (Lipinski definition) is 0. The monoisotopic (exact) mass is 782 g/mol. The van der Waals surface area contributed by atoms with Crippen molar-refractivity contribution in [3.63, 3.8) is 0 Å². The minimum absolute atomic E-state index is 0.161. The van der Waals surface area contributed by atoms with E-state index in [0.29, 0.717) is 4.90 Å². The number of rotatable bonds is 5. The Morgan fingerprint density at radius 2 is 1.36 bits per heavy atom. The Balaban J connectivity index is 1.32. The number of furan rings is 1. The summed E-state index contributed by atoms with van der Waals surface area (Å²) in [4.78, 5) is 0.661. The quantitative estimate of drug-likeness (QED) is 0.162. The molecule has 1 aromatic heterocycles. The van der Waals surface area contributed by atoms with Crippen molar-refractivity contribution in [2.24, 2.45) is 0 Å². The van der Waals surface area contributed by atoms with Crippen LogP contribution in [0.15, 0.2) is 204 Å². The van der Waals surface area contributed by atoms with Crippen LogP contribution in [-0.4, -0.2) is 0 Å². The molecule has 278 valence electrons. The Kier molecular flexibility index (Phi) is 3.41. The van der Waals surface area contributed by atoms with Gasteiger partial charge in [-0.05, 0) is 108 Å². The smallest absolute Gasteiger partial charge is 0.136 e. The van der Waals surface area contributed by atoms with Crippen LogP contribution in [0.1, 0.15) is 64.6 Å². The van der Waals surface area contributed by atoms with Gasteiger partial charge in [0.1, 0.15) is 11.2 Å². The average Bonchev–Trinajstić information content (AvgIpc) is 1.44. The third-order valence-corrected chi connectivity index (χ3v) is 10.6. The van der Waals surface area contributed by atoms with Gasteiger partial charge < -0.3 is 9.32 Å². The topological polar surface area (TPSA) is 16.4 Å². The van der Waals surface area contributed by atoms with Crippen LogP contribution < -0.4 is 4.90 Å². The summed E-state index contributed by atoms with van der Waals surface area (Å²) < 4.78 is 275. The molecule has 0 bridgehead atoms. The van der Waals surface area contributed by atoms with Crippen molar-refractivity contribution >= 4 is 71.3 Å². The summed E-state index contributed by atoms with van der Waals surface area (Å²) in [6, 6.07) is -6.53. The number of anilines is 3. The lowest BCUT2D eigenvalue weighted by Gasteiger charge is -2.33. The van der Waals surface area contributed by atoms with Crippen molar-refractivity contribution in [1.82, 2.24) is 0 Å². The fraction of sp³-hybridized carbons (Fsp3) is 0.0526. The first-order valence-corrected chi connectivity index (χ1v) is 18.1. The van der Waals surface area contributed by atoms with Crippen LogP contribution in [-0.2, 0) is 5.41 Å². The van der Waals surface area contributed by atoms with Gasteiger partial charge in [-0.25, -0.2) is 0 Å². The predicted octanol–water partition coefficient (Wildman–Crippen LogP) is 16.2. The molecule has 0 aliphatic heterocycles. The van der Waals surface area contributed by atoms with E-state index in [-0.39, 0.29) is 60.7 Å². The standard InChI is InChI=1S/C57H39NO/c1-57(2)49-25-11-9-20-44(49)46-23-13-26-50(56(46)57)58(51-35-38-16-4-5-17-40(38)43-19-7-8-21-45(43)51)39-32-29-37(30-33-39)42-34-31-36-15-3-6-18-41(36)54(42)48-24-14-28-53-55(48)47-22-10-12-27-52(47)59-53/h3-35H,1-2H3/i1D3,2D3,4D,5D,6D,9D,10D,11D,12D,13D,14D,15D,16D,17D,19D,20D,22D,26D,28D,29D,31D,32D,33D,34D,35D. The maximum Gasteiger partial charge on any atom is 0.136 e. The zero-order valence-corrected chi connectivity index (χ0v) is 30.1. The summed E-state index contributed by atoms with van der Waals surface area (Å²) in [5, 5.41) is -2.47. The minimum Gasteiger partial charge on any atom is -0.456 e. The van der Waals surface area contributed by atoms with Crippen LogP contribution in [0, 0.1) is 0 Å². The zero-order chi connectivity index (χ0) is 64.3. The van der Waals surface area contributed by atoms with E-state index in [1.807, 2.05) is 0 Å². The van der Waals surface area contributed by atoms with Crippen LogP contribution in [0.5, 0.6) is 0 Å². The molecule has 1 aliphatic rings. The summed E-state index contributed by atoms with van der Waals surface area (Å²) in [6.45, 7) is -7.67. The van der Waals surface area contributed by atoms with Crippen molar-refractivity contribution in [2.45, 2.75) is 19.1 Å². The van der Waals surface area contributed by atoms with Crippen molar-refractivity contribution in [3.8, 4) is 33.4 Å². The molecule has 2 heteroatoms. The lowest BCUT2D eigenvalue weighted by Crippen LogP contribution is -2.20. The van der Waals surface area contributed by atoms with Gasteiger partial charge in [-0.3, -0.25) is 0 Å². The Labute approximate surface area is 384 Å². The molecule has 59 heavy (non-hydrogen) atoms. The van der Waals surface area contributed by atoms with Gasteiger partial charge in [-0.2, -0.15) is 0 Å². The predicted molar refractivity (Wildman–Crippen MR) is 249 cm³/mol. The first-order chi connectivity index (χ1) is 41.0. The second kappa shape index (κ2) is 12.8. The summed E-state index contributed by atoms with van der Waals surface area (Å²) in [7, 11) is 0. The molecule has 0 saturated heterocycles. The number of para-hydroxylation sites is 1. The molecule has 0 N–H and O–H groups in total. The van der Waals surface area contributed by atoms with Gasteiger partial charge in [0, 0.05) is 35.5 Å². The van der Waals surface area contributed by atoms with Gasteiger partial charge in [0.25, 0.3) is 0 Å². The van der Waals surface area contributed by atoms with Gasteiger partial charge >= 0.3 is 0 Å². The molecular weight excluding hydrogens is 715 g/mol. The molecular formula is C57H39NO. The van der Waals surface area contributed by atoms with Gasteiger partial charge in [-0.1, -0.05) is 177 Å². The van der Waals surface area contributed by atoms with Crippen LogP contribution >= 0.6 is 0 Å². The lowest BCUT2D eigenvalue weighted by atomic mass is 9.81. The average molecular weight is 783 g/mol. The minimum atomic E-state index is -3.84. The molecule has 0 unspecified atom stereocenters. The SMILES string of the molecule is [2H]c1cc([2H])c2c([2H])c([2H])c(-c3cc([2H])c(N(c4c([2H])c([2H])cc5c4C(C([2H])([2H])[2H])(C([2H])([2H])[2H])c4cc([2H])c([2H])c([2H])c4-5)c4c([2H])c5c([2H])c([2H])c([2H])c([2H])c5c5c([2H])cccc45)c([2H])c3[2H])c(-c3cc([2H])c([2H])c4oc5cc([2H])c([2H])c([2H])c5c34)c2c1. The van der Waals surface area contributed by atoms with E-state index in [1.54, 1.807) is 0 Å². The van der Waals surface area contributed by atoms with Gasteiger partial charge in [0.05, 0.1) is 42.9 Å². The van der Waals surface area contributed by atoms with Crippen LogP contribution in [0.2, 0.25) is 0 Å². The maximum absolute atomic E-state index is 10.3. The molecule has 0 amide bonds. The van der Waals surface area contributed by atoms with E-state index in [0.717, 1.165) is 36.4 Å². The molecule has 11 aromatic rings. The summed E-state index contributed by atoms with van der Waals surface area (Å²) in [5.41, 5.74) is -11.1. The molecule has 0 radical (unpaired) electrons. The van der Waals surface area contributed by atoms with Crippen molar-refractivity contribution in [1.29, 1.82) is 0 Å². The van der Waals surface area contributed by atoms with E-state index in [9.17, 15) is 23.3 Å². The second-order valence-electron chi connectivity index (χ2n) is 13.7. The zero-order valence-electron chi connectivity index (χ0n) is 59.1. The summed E-state index contributed by atoms with van der Waals surface area (Å²) >= 11 is 0. The fourth-order valence-corrected chi connectivity index (χ4v) is 8.06. The highest BCUT2D eigenvalue weighted by Crippen LogP contribution is 2.55. The van der Waals surface area contributed by atoms with Crippen molar-refractivity contribution < 1.29 is 44.2 Å². The molecule has 12 rings (SSSR count). The van der Waals surface area contributed by atoms with E-state index in [4.69, 9.17) is 20.9 Å². The third kappa shape index (κ3) is 5.00. The summed E-state index contributed by atoms with van der Waals surface area (Å²) in [5.74, 6) is 0. The Bertz CT molecular complexity index is 5050. The molecule has 0 atom stereocenters. The lowest BCUT2D eigenvalue weighted by molar-refractivity contribution is 0.661. The van der Waals surface area contributed by atoms with Crippen LogP contribution in [0.3, 0.4) is 0 Å². The normalized spacial score (nSPS) is 20.4. The molecule has 0 spiro atoms. The number of nitrogens with zero attached hydrogens (tertiary/aromatic N) is 1. The molecule has 1 aliphatic carbocycles. The first kappa shape index (κ1) is 15.7. The highest BCUT2D eigenvalue weighted by atomic mass is 16.3. The largest absolute Gasteiger partial charge is 0.456 e. The van der Waals surface area contributed by atoms with Gasteiger partial charge in [0.2, 0.25) is 0 Å². The Morgan fingerprint density at radius 3 is 2.32 bits per heavy atom. The Morgan fingerprint density at radius 1 is 0.492 bits per heavy atom. The van der Waals surface area contributed by atoms with E-state index >= 15 is 0 Å². The van der Waals surface area contributed by atoms with E-state index < -0.39 is 213 Å². The van der Waals surface area contributed by atoms with Crippen LogP contribution in [0.25, 0.3) is 87.6 Å². The molecule has 2 nitrogen and oxygen atoms in total. The van der Waals surface area contributed by atoms with E-state index in [2.05, 4.69) is 0 Å². The van der Waals surface area contributed by atoms with E-state index in [1.165, 1.54) is 24.3 Å². The number of fused-ring (bicyclic) bond motifs is 10. The van der Waals surface area contributed by atoms with Gasteiger partial charge in [-0.15, -0.1) is 0 Å². The van der Waals surface area contributed by atoms with Crippen LogP contribution in [0.4, 0.5) is 17.1 Å². The Hall–Kier alpha value is -7.42. The molecule has 0 saturated carbocycles. The number of benzene rings is 10. The van der Waals surface area contributed by atoms with Gasteiger partial charge in [0.15, 0.2) is 0 Å². The van der Waals surface area contributed by atoms with Crippen molar-refractivity contribution in [3.05, 3.63) is 211 Å². The molecule has 1 heterocycles. The van der Waals surface area contributed by atoms with Crippen molar-refractivity contribution in [2.75, 3.05) is 4.90 Å². The fourth-order valence-electron chi connectivity index (χ4n) is 8.06. The highest BCUT2D eigenvalue weighted by molar-refractivity contribution is 6.18. The summed E-state index contributed by atoms with van der Waals surface area (Å²) in [6.07, 6.45) is 0. The molecule has 10 aromatic carbocycles. The molecule has 0 fully saturated rings. The highest BCUT2D eigenvalue weighted by Gasteiger charge is 2.39. The second-order valence-corrected chi connectivity index (χ2v) is 13.7. The number of hydrogen-bond acceptors (Lipinski definition) is 2. The first-order valence-electron chi connectivity index (χ1n) is 32.6. The maximum atomic E-state index is 10.3. The third-order valence-electron chi connectivity index (χ3n) is 10.6.